The van der Waals surface area contributed by atoms with Crippen molar-refractivity contribution in [3.05, 3.63) is 23.3 Å². The van der Waals surface area contributed by atoms with Gasteiger partial charge in [0.25, 0.3) is 0 Å². The van der Waals surface area contributed by atoms with Crippen LogP contribution in [0.25, 0.3) is 0 Å². The summed E-state index contributed by atoms with van der Waals surface area (Å²) in [6, 6.07) is 4.38. The second-order valence-electron chi connectivity index (χ2n) is 4.23. The van der Waals surface area contributed by atoms with E-state index in [4.69, 9.17) is 0 Å². The van der Waals surface area contributed by atoms with E-state index in [-0.39, 0.29) is 5.41 Å². The van der Waals surface area contributed by atoms with Gasteiger partial charge < -0.3 is 0 Å². The fourth-order valence-corrected chi connectivity index (χ4v) is 1.94. The fourth-order valence-electron chi connectivity index (χ4n) is 1.94. The molecule has 1 heterocycles. The maximum Gasteiger partial charge on any atom is 0.149 e. The number of nitrogens with zero attached hydrogens (tertiary/aromatic N) is 3. The van der Waals surface area contributed by atoms with Gasteiger partial charge in [-0.15, -0.1) is 0 Å². The Morgan fingerprint density at radius 2 is 2.20 bits per heavy atom. The standard InChI is InChI=1S/C12H15N3/c1-3-10-7-9(2)14-11(15-10)12(8-13)5-4-6-12/h7H,3-6H2,1-2H3. The minimum Gasteiger partial charge on any atom is -0.236 e. The van der Waals surface area contributed by atoms with Crippen LogP contribution in [0.2, 0.25) is 0 Å². The van der Waals surface area contributed by atoms with Crippen molar-refractivity contribution >= 4 is 0 Å². The Morgan fingerprint density at radius 1 is 1.47 bits per heavy atom. The van der Waals surface area contributed by atoms with Gasteiger partial charge >= 0.3 is 0 Å². The molecule has 1 aliphatic rings. The van der Waals surface area contributed by atoms with E-state index in [2.05, 4.69) is 23.0 Å². The van der Waals surface area contributed by atoms with Crippen LogP contribution in [0.4, 0.5) is 0 Å². The molecule has 0 bridgehead atoms. The minimum atomic E-state index is -0.379. The molecule has 0 radical (unpaired) electrons. The molecular weight excluding hydrogens is 186 g/mol. The van der Waals surface area contributed by atoms with Gasteiger partial charge in [0.05, 0.1) is 6.07 Å². The SMILES string of the molecule is CCc1cc(C)nc(C2(C#N)CCC2)n1. The maximum atomic E-state index is 9.21. The predicted octanol–water partition coefficient (Wildman–Crippen LogP) is 2.29. The first-order valence-corrected chi connectivity index (χ1v) is 5.46. The van der Waals surface area contributed by atoms with Gasteiger partial charge in [0.2, 0.25) is 0 Å². The molecule has 0 amide bonds. The monoisotopic (exact) mass is 201 g/mol. The highest BCUT2D eigenvalue weighted by Gasteiger charge is 2.42. The third kappa shape index (κ3) is 1.61. The van der Waals surface area contributed by atoms with Gasteiger partial charge in [-0.05, 0) is 38.7 Å². The lowest BCUT2D eigenvalue weighted by Gasteiger charge is -2.33. The molecule has 1 saturated carbocycles. The van der Waals surface area contributed by atoms with Crippen molar-refractivity contribution < 1.29 is 0 Å². The lowest BCUT2D eigenvalue weighted by Crippen LogP contribution is -2.35. The van der Waals surface area contributed by atoms with Crippen LogP contribution >= 0.6 is 0 Å². The van der Waals surface area contributed by atoms with E-state index in [0.29, 0.717) is 0 Å². The first kappa shape index (κ1) is 10.1. The smallest absolute Gasteiger partial charge is 0.149 e. The molecule has 15 heavy (non-hydrogen) atoms. The molecular formula is C12H15N3. The van der Waals surface area contributed by atoms with Crippen LogP contribution in [0.15, 0.2) is 6.07 Å². The summed E-state index contributed by atoms with van der Waals surface area (Å²) in [7, 11) is 0. The Morgan fingerprint density at radius 3 is 2.67 bits per heavy atom. The minimum absolute atomic E-state index is 0.379. The Hall–Kier alpha value is -1.43. The van der Waals surface area contributed by atoms with Crippen LogP contribution in [-0.4, -0.2) is 9.97 Å². The van der Waals surface area contributed by atoms with Gasteiger partial charge in [-0.2, -0.15) is 5.26 Å². The normalized spacial score (nSPS) is 17.9. The van der Waals surface area contributed by atoms with Crippen molar-refractivity contribution in [3.8, 4) is 6.07 Å². The fraction of sp³-hybridized carbons (Fsp3) is 0.583. The highest BCUT2D eigenvalue weighted by molar-refractivity contribution is 5.27. The van der Waals surface area contributed by atoms with Gasteiger partial charge in [-0.3, -0.25) is 0 Å². The van der Waals surface area contributed by atoms with Crippen LogP contribution in [-0.2, 0) is 11.8 Å². The third-order valence-corrected chi connectivity index (χ3v) is 3.12. The predicted molar refractivity (Wildman–Crippen MR) is 57.3 cm³/mol. The zero-order valence-electron chi connectivity index (χ0n) is 9.25. The number of aromatic nitrogens is 2. The average Bonchev–Trinajstić information content (AvgIpc) is 2.16. The highest BCUT2D eigenvalue weighted by Crippen LogP contribution is 2.41. The van der Waals surface area contributed by atoms with Crippen LogP contribution in [0.1, 0.15) is 43.4 Å². The van der Waals surface area contributed by atoms with Crippen molar-refractivity contribution in [2.24, 2.45) is 0 Å². The molecule has 1 aromatic rings. The third-order valence-electron chi connectivity index (χ3n) is 3.12. The van der Waals surface area contributed by atoms with Crippen molar-refractivity contribution in [2.45, 2.75) is 44.9 Å². The molecule has 0 aromatic carbocycles. The number of rotatable bonds is 2. The molecule has 0 saturated heterocycles. The quantitative estimate of drug-likeness (QED) is 0.737. The molecule has 2 rings (SSSR count). The van der Waals surface area contributed by atoms with E-state index < -0.39 is 0 Å². The zero-order chi connectivity index (χ0) is 10.9. The van der Waals surface area contributed by atoms with E-state index in [0.717, 1.165) is 42.9 Å². The van der Waals surface area contributed by atoms with Crippen LogP contribution in [0, 0.1) is 18.3 Å². The van der Waals surface area contributed by atoms with Crippen LogP contribution in [0.3, 0.4) is 0 Å². The summed E-state index contributed by atoms with van der Waals surface area (Å²) in [5.41, 5.74) is 1.63. The van der Waals surface area contributed by atoms with Gasteiger partial charge in [0.1, 0.15) is 11.2 Å². The second kappa shape index (κ2) is 3.62. The molecule has 0 unspecified atom stereocenters. The number of hydrogen-bond donors (Lipinski definition) is 0. The van der Waals surface area contributed by atoms with Crippen molar-refractivity contribution in [1.29, 1.82) is 5.26 Å². The Balaban J connectivity index is 2.44. The van der Waals surface area contributed by atoms with E-state index in [1.165, 1.54) is 0 Å². The first-order chi connectivity index (χ1) is 7.20. The summed E-state index contributed by atoms with van der Waals surface area (Å²) in [4.78, 5) is 8.90. The lowest BCUT2D eigenvalue weighted by atomic mass is 9.69. The number of hydrogen-bond acceptors (Lipinski definition) is 3. The Bertz CT molecular complexity index is 413. The summed E-state index contributed by atoms with van der Waals surface area (Å²) in [6.07, 6.45) is 3.84. The molecule has 0 atom stereocenters. The summed E-state index contributed by atoms with van der Waals surface area (Å²) >= 11 is 0. The molecule has 0 spiro atoms. The maximum absolute atomic E-state index is 9.21. The molecule has 0 aliphatic heterocycles. The van der Waals surface area contributed by atoms with Crippen molar-refractivity contribution in [3.63, 3.8) is 0 Å². The summed E-state index contributed by atoms with van der Waals surface area (Å²) in [6.45, 7) is 4.04. The van der Waals surface area contributed by atoms with Gasteiger partial charge in [0, 0.05) is 11.4 Å². The van der Waals surface area contributed by atoms with Gasteiger partial charge in [0.15, 0.2) is 0 Å². The topological polar surface area (TPSA) is 49.6 Å². The van der Waals surface area contributed by atoms with E-state index >= 15 is 0 Å². The molecule has 1 aliphatic carbocycles. The lowest BCUT2D eigenvalue weighted by molar-refractivity contribution is 0.306. The molecule has 3 heteroatoms. The first-order valence-electron chi connectivity index (χ1n) is 5.46. The van der Waals surface area contributed by atoms with Crippen molar-refractivity contribution in [1.82, 2.24) is 9.97 Å². The molecule has 1 aromatic heterocycles. The van der Waals surface area contributed by atoms with Crippen molar-refractivity contribution in [2.75, 3.05) is 0 Å². The molecule has 1 fully saturated rings. The molecule has 3 nitrogen and oxygen atoms in total. The Labute approximate surface area is 90.2 Å². The number of aryl methyl sites for hydroxylation is 2. The zero-order valence-corrected chi connectivity index (χ0v) is 9.25. The summed E-state index contributed by atoms with van der Waals surface area (Å²) < 4.78 is 0. The summed E-state index contributed by atoms with van der Waals surface area (Å²) in [5, 5.41) is 9.21. The van der Waals surface area contributed by atoms with E-state index in [1.807, 2.05) is 13.0 Å². The molecule has 78 valence electrons. The largest absolute Gasteiger partial charge is 0.236 e. The van der Waals surface area contributed by atoms with Gasteiger partial charge in [-0.1, -0.05) is 6.92 Å². The van der Waals surface area contributed by atoms with E-state index in [1.54, 1.807) is 0 Å². The second-order valence-corrected chi connectivity index (χ2v) is 4.23. The Kier molecular flexibility index (Phi) is 2.44. The van der Waals surface area contributed by atoms with E-state index in [9.17, 15) is 5.26 Å². The van der Waals surface area contributed by atoms with Gasteiger partial charge in [-0.25, -0.2) is 9.97 Å². The summed E-state index contributed by atoms with van der Waals surface area (Å²) in [5.74, 6) is 0.744. The molecule has 0 N–H and O–H groups in total. The van der Waals surface area contributed by atoms with Crippen LogP contribution < -0.4 is 0 Å². The number of nitriles is 1. The average molecular weight is 201 g/mol. The highest BCUT2D eigenvalue weighted by atomic mass is 14.9. The van der Waals surface area contributed by atoms with Crippen LogP contribution in [0.5, 0.6) is 0 Å².